The van der Waals surface area contributed by atoms with Gasteiger partial charge < -0.3 is 33.6 Å². The van der Waals surface area contributed by atoms with Crippen LogP contribution in [0.4, 0.5) is 0 Å². The topological polar surface area (TPSA) is 74.6 Å². The van der Waals surface area contributed by atoms with Gasteiger partial charge in [-0.25, -0.2) is 0 Å². The van der Waals surface area contributed by atoms with Crippen molar-refractivity contribution in [1.29, 1.82) is 0 Å². The van der Waals surface area contributed by atoms with Crippen LogP contribution in [-0.4, -0.2) is 36.0 Å². The van der Waals surface area contributed by atoms with Crippen molar-refractivity contribution in [2.45, 2.75) is 13.8 Å². The van der Waals surface area contributed by atoms with Crippen LogP contribution in [0, 0.1) is 13.8 Å². The summed E-state index contributed by atoms with van der Waals surface area (Å²) in [5, 5.41) is 14.0. The maximum Gasteiger partial charge on any atom is 2.00 e. The quantitative estimate of drug-likeness (QED) is 0.451. The van der Waals surface area contributed by atoms with Crippen LogP contribution >= 0.6 is 0 Å². The summed E-state index contributed by atoms with van der Waals surface area (Å²) in [4.78, 5) is 18.7. The second-order valence-electron chi connectivity index (χ2n) is 1.40. The fourth-order valence-corrected chi connectivity index (χ4v) is 0. The second-order valence-corrected chi connectivity index (χ2v) is 1.40. The van der Waals surface area contributed by atoms with E-state index in [0.29, 0.717) is 0 Å². The summed E-state index contributed by atoms with van der Waals surface area (Å²) in [5.41, 5.74) is 0. The normalized spacial score (nSPS) is 4.77. The summed E-state index contributed by atoms with van der Waals surface area (Å²) in [6.45, 7) is 8.83. The minimum atomic E-state index is -0.0833. The van der Waals surface area contributed by atoms with Crippen LogP contribution in [0.25, 0.3) is 0 Å². The molecule has 0 heterocycles. The van der Waals surface area contributed by atoms with Crippen LogP contribution < -0.4 is 0 Å². The van der Waals surface area contributed by atoms with Crippen LogP contribution in [0.3, 0.4) is 0 Å². The van der Waals surface area contributed by atoms with E-state index in [-0.39, 0.29) is 33.3 Å². The Balaban J connectivity index is -0.0000000226. The third kappa shape index (κ3) is 13500. The molecule has 0 aliphatic heterocycles. The molecule has 0 aromatic heterocycles. The minimum Gasteiger partial charge on any atom is -0.400 e. The number of ketones is 2. The first-order valence-corrected chi connectivity index (χ1v) is 3.01. The monoisotopic (exact) mass is 226 g/mol. The van der Waals surface area contributed by atoms with Gasteiger partial charge in [0, 0.05) is 14.2 Å². The summed E-state index contributed by atoms with van der Waals surface area (Å²) in [7, 11) is 2.00. The number of carbonyl (C=O) groups excluding carboxylic acids is 2. The Kier molecular flexibility index (Phi) is 92.9. The smallest absolute Gasteiger partial charge is 0.400 e. The molecule has 0 aliphatic carbocycles. The molecule has 13 heavy (non-hydrogen) atoms. The van der Waals surface area contributed by atoms with E-state index in [0.717, 1.165) is 14.2 Å². The summed E-state index contributed by atoms with van der Waals surface area (Å²) in [5.74, 6) is -0.167. The van der Waals surface area contributed by atoms with E-state index in [2.05, 4.69) is 13.8 Å². The molecule has 2 N–H and O–H groups in total. The van der Waals surface area contributed by atoms with Crippen molar-refractivity contribution in [3.05, 3.63) is 13.8 Å². The van der Waals surface area contributed by atoms with Crippen LogP contribution in [0.2, 0.25) is 0 Å². The molecule has 78 valence electrons. The fourth-order valence-electron chi connectivity index (χ4n) is 0. The largest absolute Gasteiger partial charge is 2.00 e. The second kappa shape index (κ2) is 41.2. The Hall–Kier alpha value is -0.286. The number of Topliss-reactive ketones (excluding diaryl/α,β-unsaturated/α-hetero) is 2. The van der Waals surface area contributed by atoms with Gasteiger partial charge in [0.15, 0.2) is 0 Å². The first kappa shape index (κ1) is 29.3. The zero-order valence-electron chi connectivity index (χ0n) is 8.63. The van der Waals surface area contributed by atoms with Gasteiger partial charge in [0.25, 0.3) is 0 Å². The molecule has 5 heteroatoms. The molecule has 0 fully saturated rings. The van der Waals surface area contributed by atoms with E-state index < -0.39 is 0 Å². The Labute approximate surface area is 95.2 Å². The summed E-state index contributed by atoms with van der Waals surface area (Å²) in [6, 6.07) is 0. The number of carbonyl (C=O) groups is 2. The maximum atomic E-state index is 9.33. The molecular formula is C8H18O4Ti. The molecule has 0 saturated heterocycles. The third-order valence-electron chi connectivity index (χ3n) is 0. The first-order valence-electron chi connectivity index (χ1n) is 3.01. The number of aliphatic hydroxyl groups excluding tert-OH is 2. The van der Waals surface area contributed by atoms with E-state index in [9.17, 15) is 9.59 Å². The van der Waals surface area contributed by atoms with Gasteiger partial charge in [-0.3, -0.25) is 0 Å². The predicted octanol–water partition coefficient (Wildman–Crippen LogP) is 0.0335. The summed E-state index contributed by atoms with van der Waals surface area (Å²) < 4.78 is 0. The average Bonchev–Trinajstić information content (AvgIpc) is 1.93. The van der Waals surface area contributed by atoms with Gasteiger partial charge in [-0.2, -0.15) is 0 Å². The summed E-state index contributed by atoms with van der Waals surface area (Å²) >= 11 is 0. The number of hydrogen-bond acceptors (Lipinski definition) is 4. The summed E-state index contributed by atoms with van der Waals surface area (Å²) in [6.07, 6.45) is 0. The molecule has 0 atom stereocenters. The van der Waals surface area contributed by atoms with Crippen LogP contribution in [-0.2, 0) is 31.3 Å². The third-order valence-corrected chi connectivity index (χ3v) is 0. The Bertz CT molecular complexity index is 74.1. The zero-order chi connectivity index (χ0) is 11.2. The van der Waals surface area contributed by atoms with Gasteiger partial charge in [0.05, 0.1) is 0 Å². The molecule has 0 aromatic carbocycles. The molecule has 0 radical (unpaired) electrons. The molecule has 4 nitrogen and oxygen atoms in total. The van der Waals surface area contributed by atoms with Crippen LogP contribution in [0.15, 0.2) is 0 Å². The molecule has 0 rings (SSSR count). The Morgan fingerprint density at radius 3 is 0.846 bits per heavy atom. The van der Waals surface area contributed by atoms with Crippen molar-refractivity contribution in [3.8, 4) is 0 Å². The molecule has 0 spiro atoms. The minimum absolute atomic E-state index is 0. The molecule has 0 bridgehead atoms. The van der Waals surface area contributed by atoms with Gasteiger partial charge >= 0.3 is 21.7 Å². The van der Waals surface area contributed by atoms with E-state index in [1.54, 1.807) is 0 Å². The van der Waals surface area contributed by atoms with Crippen LogP contribution in [0.1, 0.15) is 13.8 Å². The van der Waals surface area contributed by atoms with Crippen molar-refractivity contribution < 1.29 is 41.5 Å². The van der Waals surface area contributed by atoms with Gasteiger partial charge in [0.1, 0.15) is 0 Å². The first-order chi connectivity index (χ1) is 5.46. The maximum absolute atomic E-state index is 9.33. The van der Waals surface area contributed by atoms with Crippen molar-refractivity contribution in [1.82, 2.24) is 0 Å². The Morgan fingerprint density at radius 2 is 0.846 bits per heavy atom. The van der Waals surface area contributed by atoms with E-state index in [1.165, 1.54) is 13.8 Å². The van der Waals surface area contributed by atoms with Crippen molar-refractivity contribution in [2.75, 3.05) is 14.2 Å². The number of hydrogen-bond donors (Lipinski definition) is 2. The van der Waals surface area contributed by atoms with Gasteiger partial charge in [-0.05, 0) is 25.4 Å². The number of rotatable bonds is 0. The van der Waals surface area contributed by atoms with E-state index in [1.807, 2.05) is 0 Å². The molecular weight excluding hydrogens is 208 g/mol. The van der Waals surface area contributed by atoms with E-state index in [4.69, 9.17) is 10.2 Å². The fraction of sp³-hybridized carbons (Fsp3) is 0.500. The van der Waals surface area contributed by atoms with Gasteiger partial charge in [-0.15, -0.1) is 0 Å². The van der Waals surface area contributed by atoms with Gasteiger partial charge in [-0.1, -0.05) is 0 Å². The van der Waals surface area contributed by atoms with E-state index >= 15 is 0 Å². The predicted molar refractivity (Wildman–Crippen MR) is 48.4 cm³/mol. The zero-order valence-corrected chi connectivity index (χ0v) is 10.2. The molecule has 0 saturated carbocycles. The SMILES string of the molecule is CO.CO.[CH2-]C(C)=O.[CH2-]C(C)=O.[Ti+2]. The standard InChI is InChI=1S/2C3H5O.2CH4O.Ti/c2*1-3(2)4;2*1-2;/h2*1H2,2H3;2*2H,1H3;/q2*-1;;;+2. The van der Waals surface area contributed by atoms with Crippen LogP contribution in [0.5, 0.6) is 0 Å². The van der Waals surface area contributed by atoms with Gasteiger partial charge in [0.2, 0.25) is 0 Å². The van der Waals surface area contributed by atoms with Crippen molar-refractivity contribution in [2.24, 2.45) is 0 Å². The Morgan fingerprint density at radius 1 is 0.846 bits per heavy atom. The van der Waals surface area contributed by atoms with Crippen molar-refractivity contribution in [3.63, 3.8) is 0 Å². The van der Waals surface area contributed by atoms with Crippen molar-refractivity contribution >= 4 is 11.6 Å². The molecule has 0 aliphatic rings. The molecule has 0 aromatic rings. The molecule has 0 unspecified atom stereocenters. The number of aliphatic hydroxyl groups is 2. The average molecular weight is 226 g/mol. The molecule has 0 amide bonds.